The number of benzene rings is 3. The summed E-state index contributed by atoms with van der Waals surface area (Å²) in [7, 11) is 0. The summed E-state index contributed by atoms with van der Waals surface area (Å²) in [5, 5.41) is 12.1. The van der Waals surface area contributed by atoms with Crippen LogP contribution in [-0.2, 0) is 16.0 Å². The van der Waals surface area contributed by atoms with Crippen LogP contribution in [0.4, 0.5) is 5.13 Å². The number of anilines is 1. The molecule has 186 valence electrons. The number of carbonyl (C=O) groups is 2. The molecule has 0 spiro atoms. The number of Topliss-reactive ketones (excluding diaryl/α,β-unsaturated/α-hetero) is 1. The van der Waals surface area contributed by atoms with Gasteiger partial charge in [-0.25, -0.2) is 4.98 Å². The van der Waals surface area contributed by atoms with Gasteiger partial charge in [0.15, 0.2) is 5.13 Å². The zero-order valence-electron chi connectivity index (χ0n) is 20.0. The predicted molar refractivity (Wildman–Crippen MR) is 147 cm³/mol. The normalized spacial score (nSPS) is 16.9. The molecule has 1 atom stereocenters. The maximum atomic E-state index is 13.4. The summed E-state index contributed by atoms with van der Waals surface area (Å²) in [6.07, 6.45) is 2.51. The van der Waals surface area contributed by atoms with Gasteiger partial charge in [-0.2, -0.15) is 0 Å². The molecular weight excluding hydrogens is 508 g/mol. The van der Waals surface area contributed by atoms with E-state index >= 15 is 0 Å². The molecule has 1 aromatic heterocycles. The Kier molecular flexibility index (Phi) is 6.82. The number of hydrogen-bond donors (Lipinski definition) is 1. The van der Waals surface area contributed by atoms with Gasteiger partial charge < -0.3 is 9.84 Å². The summed E-state index contributed by atoms with van der Waals surface area (Å²) < 4.78 is 6.51. The second-order valence-electron chi connectivity index (χ2n) is 8.50. The second-order valence-corrected chi connectivity index (χ2v) is 9.94. The largest absolute Gasteiger partial charge is 0.507 e. The van der Waals surface area contributed by atoms with Crippen molar-refractivity contribution < 1.29 is 19.4 Å². The van der Waals surface area contributed by atoms with E-state index < -0.39 is 17.7 Å². The molecule has 6 nitrogen and oxygen atoms in total. The first-order valence-corrected chi connectivity index (χ1v) is 12.9. The highest BCUT2D eigenvalue weighted by molar-refractivity contribution is 7.22. The lowest BCUT2D eigenvalue weighted by molar-refractivity contribution is -0.132. The van der Waals surface area contributed by atoms with Gasteiger partial charge in [0.1, 0.15) is 18.1 Å². The lowest BCUT2D eigenvalue weighted by Crippen LogP contribution is -2.29. The van der Waals surface area contributed by atoms with E-state index in [-0.39, 0.29) is 11.3 Å². The highest BCUT2D eigenvalue weighted by Gasteiger charge is 2.48. The van der Waals surface area contributed by atoms with Gasteiger partial charge >= 0.3 is 5.91 Å². The molecule has 4 aromatic rings. The molecule has 0 aliphatic carbocycles. The zero-order valence-corrected chi connectivity index (χ0v) is 21.6. The van der Waals surface area contributed by atoms with Crippen molar-refractivity contribution in [1.82, 2.24) is 4.98 Å². The zero-order chi connectivity index (χ0) is 26.1. The molecule has 1 aliphatic rings. The number of aryl methyl sites for hydroxylation is 1. The number of fused-ring (bicyclic) bond motifs is 1. The van der Waals surface area contributed by atoms with E-state index in [1.54, 1.807) is 54.6 Å². The number of amides is 1. The third-order valence-electron chi connectivity index (χ3n) is 6.18. The molecular formula is C29H23ClN2O4S. The van der Waals surface area contributed by atoms with E-state index in [0.29, 0.717) is 33.6 Å². The first kappa shape index (κ1) is 24.7. The Bertz CT molecular complexity index is 1540. The first-order chi connectivity index (χ1) is 17.9. The molecule has 0 radical (unpaired) electrons. The van der Waals surface area contributed by atoms with Crippen LogP contribution in [0.5, 0.6) is 5.75 Å². The van der Waals surface area contributed by atoms with Gasteiger partial charge in [-0.3, -0.25) is 14.5 Å². The number of aromatic nitrogens is 1. The maximum absolute atomic E-state index is 13.4. The van der Waals surface area contributed by atoms with Crippen LogP contribution in [0, 0.1) is 0 Å². The number of carbonyl (C=O) groups excluding carboxylic acids is 2. The predicted octanol–water partition coefficient (Wildman–Crippen LogP) is 6.70. The SMILES string of the molecule is C=CCOc1ccc(C2/C(=C(\O)c3ccc(Cl)cc3)C(=O)C(=O)N2c2nc3ccc(CC)cc3s2)cc1. The van der Waals surface area contributed by atoms with Crippen molar-refractivity contribution in [2.24, 2.45) is 0 Å². The summed E-state index contributed by atoms with van der Waals surface area (Å²) in [5.74, 6) is -1.19. The minimum Gasteiger partial charge on any atom is -0.507 e. The summed E-state index contributed by atoms with van der Waals surface area (Å²) in [4.78, 5) is 32.9. The van der Waals surface area contributed by atoms with E-state index in [9.17, 15) is 14.7 Å². The quantitative estimate of drug-likeness (QED) is 0.124. The van der Waals surface area contributed by atoms with Gasteiger partial charge in [-0.05, 0) is 66.1 Å². The van der Waals surface area contributed by atoms with Gasteiger partial charge in [0, 0.05) is 10.6 Å². The fraction of sp³-hybridized carbons (Fsp3) is 0.138. The summed E-state index contributed by atoms with van der Waals surface area (Å²) in [6, 6.07) is 18.6. The van der Waals surface area contributed by atoms with E-state index in [2.05, 4.69) is 18.5 Å². The Morgan fingerprint density at radius 2 is 1.86 bits per heavy atom. The van der Waals surface area contributed by atoms with Crippen LogP contribution in [0.1, 0.15) is 29.7 Å². The summed E-state index contributed by atoms with van der Waals surface area (Å²) >= 11 is 7.35. The van der Waals surface area contributed by atoms with Crippen LogP contribution in [0.2, 0.25) is 5.02 Å². The molecule has 0 bridgehead atoms. The third kappa shape index (κ3) is 4.63. The Labute approximate surface area is 223 Å². The Hall–Kier alpha value is -3.94. The first-order valence-electron chi connectivity index (χ1n) is 11.7. The van der Waals surface area contributed by atoms with Crippen molar-refractivity contribution in [3.8, 4) is 5.75 Å². The van der Waals surface area contributed by atoms with Gasteiger partial charge in [0.2, 0.25) is 0 Å². The highest BCUT2D eigenvalue weighted by atomic mass is 35.5. The van der Waals surface area contributed by atoms with Crippen molar-refractivity contribution >= 4 is 55.7 Å². The molecule has 1 aliphatic heterocycles. The van der Waals surface area contributed by atoms with Gasteiger partial charge in [-0.15, -0.1) is 0 Å². The van der Waals surface area contributed by atoms with Crippen molar-refractivity contribution in [3.05, 3.63) is 107 Å². The lowest BCUT2D eigenvalue weighted by Gasteiger charge is -2.23. The molecule has 0 saturated carbocycles. The second kappa shape index (κ2) is 10.2. The van der Waals surface area contributed by atoms with E-state index in [4.69, 9.17) is 16.3 Å². The van der Waals surface area contributed by atoms with Gasteiger partial charge in [0.25, 0.3) is 5.78 Å². The Morgan fingerprint density at radius 1 is 1.14 bits per heavy atom. The highest BCUT2D eigenvalue weighted by Crippen LogP contribution is 2.44. The molecule has 1 saturated heterocycles. The number of ketones is 1. The number of nitrogens with zero attached hydrogens (tertiary/aromatic N) is 2. The smallest absolute Gasteiger partial charge is 0.301 e. The fourth-order valence-electron chi connectivity index (χ4n) is 4.29. The summed E-state index contributed by atoms with van der Waals surface area (Å²) in [6.45, 7) is 6.07. The minimum absolute atomic E-state index is 0.0133. The van der Waals surface area contributed by atoms with E-state index in [1.807, 2.05) is 18.2 Å². The number of thiazole rings is 1. The van der Waals surface area contributed by atoms with Gasteiger partial charge in [-0.1, -0.05) is 60.7 Å². The van der Waals surface area contributed by atoms with E-state index in [0.717, 1.165) is 22.2 Å². The molecule has 8 heteroatoms. The number of rotatable bonds is 7. The monoisotopic (exact) mass is 530 g/mol. The molecule has 2 heterocycles. The van der Waals surface area contributed by atoms with Crippen LogP contribution >= 0.6 is 22.9 Å². The lowest BCUT2D eigenvalue weighted by atomic mass is 9.95. The van der Waals surface area contributed by atoms with Crippen LogP contribution in [0.25, 0.3) is 16.0 Å². The number of aliphatic hydroxyl groups excluding tert-OH is 1. The fourth-order valence-corrected chi connectivity index (χ4v) is 5.47. The van der Waals surface area contributed by atoms with Crippen LogP contribution < -0.4 is 9.64 Å². The summed E-state index contributed by atoms with van der Waals surface area (Å²) in [5.41, 5.74) is 2.90. The van der Waals surface area contributed by atoms with Crippen LogP contribution in [0.15, 0.2) is 85.0 Å². The van der Waals surface area contributed by atoms with Gasteiger partial charge in [0.05, 0.1) is 21.8 Å². The average Bonchev–Trinajstić information content (AvgIpc) is 3.45. The van der Waals surface area contributed by atoms with Crippen molar-refractivity contribution in [2.75, 3.05) is 11.5 Å². The molecule has 5 rings (SSSR count). The number of halogens is 1. The molecule has 37 heavy (non-hydrogen) atoms. The van der Waals surface area contributed by atoms with Crippen molar-refractivity contribution in [2.45, 2.75) is 19.4 Å². The Balaban J connectivity index is 1.67. The van der Waals surface area contributed by atoms with Crippen molar-refractivity contribution in [1.29, 1.82) is 0 Å². The molecule has 1 fully saturated rings. The van der Waals surface area contributed by atoms with Crippen LogP contribution in [-0.4, -0.2) is 28.4 Å². The number of hydrogen-bond acceptors (Lipinski definition) is 6. The molecule has 1 N–H and O–H groups in total. The van der Waals surface area contributed by atoms with Crippen molar-refractivity contribution in [3.63, 3.8) is 0 Å². The average molecular weight is 531 g/mol. The van der Waals surface area contributed by atoms with Crippen LogP contribution in [0.3, 0.4) is 0 Å². The molecule has 1 amide bonds. The molecule has 3 aromatic carbocycles. The maximum Gasteiger partial charge on any atom is 0.301 e. The number of aliphatic hydroxyl groups is 1. The third-order valence-corrected chi connectivity index (χ3v) is 7.45. The Morgan fingerprint density at radius 3 is 2.54 bits per heavy atom. The minimum atomic E-state index is -0.879. The topological polar surface area (TPSA) is 79.7 Å². The number of ether oxygens (including phenoxy) is 1. The van der Waals surface area contributed by atoms with E-state index in [1.165, 1.54) is 16.2 Å². The standard InChI is InChI=1S/C29H23ClN2O4S/c1-3-15-36-21-12-8-18(9-13-21)25-24(26(33)19-6-10-20(30)11-7-19)27(34)28(35)32(25)29-31-22-14-5-17(4-2)16-23(22)37-29/h3,5-14,16,25,33H,1,4,15H2,2H3/b26-24+. The molecule has 1 unspecified atom stereocenters.